The molecule has 0 bridgehead atoms. The third kappa shape index (κ3) is 4.01. The zero-order chi connectivity index (χ0) is 15.4. The largest absolute Gasteiger partial charge is 0.385 e. The minimum atomic E-state index is -0.201. The summed E-state index contributed by atoms with van der Waals surface area (Å²) in [5.74, 6) is 0.641. The Morgan fingerprint density at radius 2 is 2.24 bits per heavy atom. The lowest BCUT2D eigenvalue weighted by atomic mass is 10.2. The predicted molar refractivity (Wildman–Crippen MR) is 88.9 cm³/mol. The molecule has 0 aliphatic carbocycles. The average Bonchev–Trinajstić information content (AvgIpc) is 2.89. The number of nitrogens with one attached hydrogen (secondary N) is 2. The number of halogens is 1. The van der Waals surface area contributed by atoms with E-state index in [-0.39, 0.29) is 11.8 Å². The van der Waals surface area contributed by atoms with Crippen LogP contribution in [0.2, 0.25) is 0 Å². The average molecular weight is 369 g/mol. The predicted octanol–water partition coefficient (Wildman–Crippen LogP) is 3.40. The van der Waals surface area contributed by atoms with E-state index in [9.17, 15) is 4.79 Å². The van der Waals surface area contributed by atoms with Gasteiger partial charge in [0.1, 0.15) is 5.82 Å². The van der Waals surface area contributed by atoms with Gasteiger partial charge in [-0.05, 0) is 22.0 Å². The molecule has 2 aromatic heterocycles. The summed E-state index contributed by atoms with van der Waals surface area (Å²) in [6.45, 7) is 4.48. The smallest absolute Gasteiger partial charge is 0.272 e. The molecule has 2 heterocycles. The van der Waals surface area contributed by atoms with Gasteiger partial charge in [0, 0.05) is 27.7 Å². The van der Waals surface area contributed by atoms with Gasteiger partial charge in [0.25, 0.3) is 5.91 Å². The topological polar surface area (TPSA) is 66.9 Å². The fourth-order valence-electron chi connectivity index (χ4n) is 1.73. The summed E-state index contributed by atoms with van der Waals surface area (Å²) in [5, 5.41) is 7.83. The van der Waals surface area contributed by atoms with E-state index in [0.717, 1.165) is 9.35 Å². The van der Waals surface area contributed by atoms with Gasteiger partial charge in [-0.3, -0.25) is 4.79 Å². The third-order valence-corrected chi connectivity index (χ3v) is 4.55. The van der Waals surface area contributed by atoms with Crippen molar-refractivity contribution in [1.29, 1.82) is 0 Å². The van der Waals surface area contributed by atoms with Crippen molar-refractivity contribution in [2.75, 3.05) is 12.4 Å². The van der Waals surface area contributed by atoms with Crippen LogP contribution in [0.5, 0.6) is 0 Å². The summed E-state index contributed by atoms with van der Waals surface area (Å²) in [5.41, 5.74) is 1.01. The maximum atomic E-state index is 12.3. The Balaban J connectivity index is 2.15. The Morgan fingerprint density at radius 1 is 1.48 bits per heavy atom. The van der Waals surface area contributed by atoms with Crippen molar-refractivity contribution >= 4 is 38.9 Å². The Labute approximate surface area is 136 Å². The van der Waals surface area contributed by atoms with Gasteiger partial charge in [-0.2, -0.15) is 0 Å². The van der Waals surface area contributed by atoms with Gasteiger partial charge in [-0.25, -0.2) is 9.97 Å². The molecule has 0 saturated carbocycles. The number of hydrogen-bond acceptors (Lipinski definition) is 5. The molecule has 0 aromatic carbocycles. The van der Waals surface area contributed by atoms with E-state index in [0.29, 0.717) is 23.8 Å². The summed E-state index contributed by atoms with van der Waals surface area (Å²) >= 11 is 4.99. The Hall–Kier alpha value is -1.47. The minimum absolute atomic E-state index is 0.177. The van der Waals surface area contributed by atoms with Crippen LogP contribution in [0.25, 0.3) is 0 Å². The molecule has 21 heavy (non-hydrogen) atoms. The molecule has 0 aliphatic heterocycles. The van der Waals surface area contributed by atoms with E-state index in [2.05, 4.69) is 36.5 Å². The lowest BCUT2D eigenvalue weighted by Gasteiger charge is -2.11. The highest BCUT2D eigenvalue weighted by molar-refractivity contribution is 9.10. The van der Waals surface area contributed by atoms with Crippen LogP contribution in [0.15, 0.2) is 22.1 Å². The molecule has 7 heteroatoms. The second-order valence-corrected chi connectivity index (χ2v) is 6.72. The van der Waals surface area contributed by atoms with Crippen molar-refractivity contribution in [3.63, 3.8) is 0 Å². The molecule has 0 atom stereocenters. The standard InChI is InChI=1S/C14H17BrN4OS/c1-8(2)13-17-6-11(16-3)12(19-13)14(20)18-5-10-4-9(15)7-21-10/h4,6-8,16H,5H2,1-3H3,(H,18,20). The Morgan fingerprint density at radius 3 is 2.81 bits per heavy atom. The van der Waals surface area contributed by atoms with Gasteiger partial charge >= 0.3 is 0 Å². The first-order valence-electron chi connectivity index (χ1n) is 6.57. The molecular formula is C14H17BrN4OS. The molecule has 112 valence electrons. The normalized spacial score (nSPS) is 10.7. The maximum absolute atomic E-state index is 12.3. The van der Waals surface area contributed by atoms with Gasteiger partial charge in [-0.1, -0.05) is 13.8 Å². The number of carbonyl (C=O) groups is 1. The zero-order valence-corrected chi connectivity index (χ0v) is 14.5. The number of aromatic nitrogens is 2. The maximum Gasteiger partial charge on any atom is 0.272 e. The van der Waals surface area contributed by atoms with E-state index in [1.165, 1.54) is 0 Å². The summed E-state index contributed by atoms with van der Waals surface area (Å²) in [6, 6.07) is 1.99. The van der Waals surface area contributed by atoms with E-state index >= 15 is 0 Å². The van der Waals surface area contributed by atoms with Crippen LogP contribution in [-0.4, -0.2) is 22.9 Å². The number of thiophene rings is 1. The molecule has 2 N–H and O–H groups in total. The molecule has 1 amide bonds. The third-order valence-electron chi connectivity index (χ3n) is 2.85. The molecule has 0 aliphatic rings. The number of nitrogens with zero attached hydrogens (tertiary/aromatic N) is 2. The summed E-state index contributed by atoms with van der Waals surface area (Å²) < 4.78 is 1.02. The van der Waals surface area contributed by atoms with Crippen molar-refractivity contribution in [2.24, 2.45) is 0 Å². The number of rotatable bonds is 5. The Bertz CT molecular complexity index is 642. The van der Waals surface area contributed by atoms with E-state index < -0.39 is 0 Å². The molecule has 2 rings (SSSR count). The first-order valence-corrected chi connectivity index (χ1v) is 8.24. The van der Waals surface area contributed by atoms with Crippen LogP contribution in [-0.2, 0) is 6.54 Å². The zero-order valence-electron chi connectivity index (χ0n) is 12.1. The van der Waals surface area contributed by atoms with Crippen molar-refractivity contribution in [3.8, 4) is 0 Å². The van der Waals surface area contributed by atoms with E-state index in [1.54, 1.807) is 24.6 Å². The van der Waals surface area contributed by atoms with Crippen LogP contribution >= 0.6 is 27.3 Å². The van der Waals surface area contributed by atoms with Crippen LogP contribution in [0.3, 0.4) is 0 Å². The molecule has 0 unspecified atom stereocenters. The molecule has 0 saturated heterocycles. The molecule has 0 fully saturated rings. The molecule has 0 radical (unpaired) electrons. The highest BCUT2D eigenvalue weighted by Gasteiger charge is 2.16. The fourth-order valence-corrected chi connectivity index (χ4v) is 3.12. The van der Waals surface area contributed by atoms with Gasteiger partial charge in [-0.15, -0.1) is 11.3 Å². The summed E-state index contributed by atoms with van der Waals surface area (Å²) in [4.78, 5) is 22.0. The van der Waals surface area contributed by atoms with Crippen LogP contribution in [0.1, 0.15) is 41.0 Å². The second-order valence-electron chi connectivity index (χ2n) is 4.81. The van der Waals surface area contributed by atoms with Gasteiger partial charge in [0.2, 0.25) is 0 Å². The fraction of sp³-hybridized carbons (Fsp3) is 0.357. The molecule has 5 nitrogen and oxygen atoms in total. The lowest BCUT2D eigenvalue weighted by molar-refractivity contribution is 0.0946. The summed E-state index contributed by atoms with van der Waals surface area (Å²) in [7, 11) is 1.75. The van der Waals surface area contributed by atoms with Crippen molar-refractivity contribution in [3.05, 3.63) is 38.5 Å². The van der Waals surface area contributed by atoms with Gasteiger partial charge in [0.15, 0.2) is 5.69 Å². The van der Waals surface area contributed by atoms with E-state index in [1.807, 2.05) is 25.3 Å². The van der Waals surface area contributed by atoms with Crippen molar-refractivity contribution in [1.82, 2.24) is 15.3 Å². The van der Waals surface area contributed by atoms with Gasteiger partial charge in [0.05, 0.1) is 18.4 Å². The SMILES string of the molecule is CNc1cnc(C(C)C)nc1C(=O)NCc1cc(Br)cs1. The minimum Gasteiger partial charge on any atom is -0.385 e. The molecule has 2 aromatic rings. The van der Waals surface area contributed by atoms with Crippen molar-refractivity contribution < 1.29 is 4.79 Å². The van der Waals surface area contributed by atoms with Crippen molar-refractivity contribution in [2.45, 2.75) is 26.3 Å². The number of hydrogen-bond donors (Lipinski definition) is 2. The number of carbonyl (C=O) groups excluding carboxylic acids is 1. The highest BCUT2D eigenvalue weighted by atomic mass is 79.9. The molecular weight excluding hydrogens is 352 g/mol. The molecule has 0 spiro atoms. The van der Waals surface area contributed by atoms with Gasteiger partial charge < -0.3 is 10.6 Å². The van der Waals surface area contributed by atoms with Crippen LogP contribution in [0, 0.1) is 0 Å². The first-order chi connectivity index (χ1) is 10.0. The second kappa shape index (κ2) is 7.00. The van der Waals surface area contributed by atoms with E-state index in [4.69, 9.17) is 0 Å². The van der Waals surface area contributed by atoms with Crippen LogP contribution < -0.4 is 10.6 Å². The first kappa shape index (κ1) is 15.9. The highest BCUT2D eigenvalue weighted by Crippen LogP contribution is 2.20. The monoisotopic (exact) mass is 368 g/mol. The Kier molecular flexibility index (Phi) is 5.30. The quantitative estimate of drug-likeness (QED) is 0.848. The number of anilines is 1. The number of amides is 1. The lowest BCUT2D eigenvalue weighted by Crippen LogP contribution is -2.25. The van der Waals surface area contributed by atoms with Crippen LogP contribution in [0.4, 0.5) is 5.69 Å². The summed E-state index contributed by atoms with van der Waals surface area (Å²) in [6.07, 6.45) is 1.65.